The predicted molar refractivity (Wildman–Crippen MR) is 59.4 cm³/mol. The van der Waals surface area contributed by atoms with E-state index in [0.29, 0.717) is 12.5 Å². The Morgan fingerprint density at radius 2 is 2.20 bits per heavy atom. The molecule has 2 rings (SSSR count). The van der Waals surface area contributed by atoms with Gasteiger partial charge in [0.25, 0.3) is 0 Å². The largest absolute Gasteiger partial charge is 0.370 e. The van der Waals surface area contributed by atoms with Crippen molar-refractivity contribution in [3.05, 3.63) is 0 Å². The fourth-order valence-electron chi connectivity index (χ4n) is 2.29. The van der Waals surface area contributed by atoms with Crippen molar-refractivity contribution in [2.75, 3.05) is 19.6 Å². The van der Waals surface area contributed by atoms with Gasteiger partial charge in [0.2, 0.25) is 5.91 Å². The van der Waals surface area contributed by atoms with E-state index in [1.165, 1.54) is 32.4 Å². The average Bonchev–Trinajstić information content (AvgIpc) is 2.94. The molecule has 4 nitrogen and oxygen atoms in total. The van der Waals surface area contributed by atoms with Crippen LogP contribution in [0.4, 0.5) is 0 Å². The molecular formula is C11H21N3O. The summed E-state index contributed by atoms with van der Waals surface area (Å²) in [4.78, 5) is 13.1. The van der Waals surface area contributed by atoms with Gasteiger partial charge in [-0.2, -0.15) is 0 Å². The molecule has 1 aliphatic carbocycles. The van der Waals surface area contributed by atoms with Crippen LogP contribution in [0.1, 0.15) is 32.1 Å². The van der Waals surface area contributed by atoms with Crippen LogP contribution in [0.5, 0.6) is 0 Å². The Kier molecular flexibility index (Phi) is 3.59. The van der Waals surface area contributed by atoms with Crippen molar-refractivity contribution in [3.63, 3.8) is 0 Å². The van der Waals surface area contributed by atoms with Crippen LogP contribution in [0.15, 0.2) is 0 Å². The van der Waals surface area contributed by atoms with E-state index < -0.39 is 0 Å². The van der Waals surface area contributed by atoms with Gasteiger partial charge in [0, 0.05) is 31.6 Å². The van der Waals surface area contributed by atoms with Crippen LogP contribution in [-0.2, 0) is 4.79 Å². The van der Waals surface area contributed by atoms with E-state index in [0.717, 1.165) is 19.0 Å². The summed E-state index contributed by atoms with van der Waals surface area (Å²) in [6.45, 7) is 3.37. The number of hydrogen-bond acceptors (Lipinski definition) is 3. The molecule has 1 heterocycles. The Morgan fingerprint density at radius 3 is 2.87 bits per heavy atom. The van der Waals surface area contributed by atoms with E-state index >= 15 is 0 Å². The maximum atomic E-state index is 10.5. The van der Waals surface area contributed by atoms with Crippen LogP contribution in [0.2, 0.25) is 0 Å². The van der Waals surface area contributed by atoms with Crippen LogP contribution >= 0.6 is 0 Å². The highest BCUT2D eigenvalue weighted by Gasteiger charge is 2.33. The van der Waals surface area contributed by atoms with Crippen molar-refractivity contribution >= 4 is 5.91 Å². The summed E-state index contributed by atoms with van der Waals surface area (Å²) in [5.74, 6) is -0.192. The zero-order valence-corrected chi connectivity index (χ0v) is 9.24. The molecule has 0 radical (unpaired) electrons. The Labute approximate surface area is 91.2 Å². The van der Waals surface area contributed by atoms with Crippen molar-refractivity contribution in [3.8, 4) is 0 Å². The SMILES string of the molecule is NC(=O)CCCNC1CCN(C2CC2)C1. The highest BCUT2D eigenvalue weighted by Crippen LogP contribution is 2.29. The molecular weight excluding hydrogens is 190 g/mol. The molecule has 2 fully saturated rings. The smallest absolute Gasteiger partial charge is 0.217 e. The molecule has 4 heteroatoms. The molecule has 0 aromatic heterocycles. The molecule has 1 saturated heterocycles. The fourth-order valence-corrected chi connectivity index (χ4v) is 2.29. The lowest BCUT2D eigenvalue weighted by molar-refractivity contribution is -0.118. The third-order valence-corrected chi connectivity index (χ3v) is 3.32. The first-order valence-electron chi connectivity index (χ1n) is 6.01. The van der Waals surface area contributed by atoms with Crippen LogP contribution in [0.25, 0.3) is 0 Å². The molecule has 1 amide bonds. The molecule has 0 aromatic carbocycles. The van der Waals surface area contributed by atoms with Gasteiger partial charge in [-0.05, 0) is 32.2 Å². The second kappa shape index (κ2) is 4.94. The minimum atomic E-state index is -0.192. The number of carbonyl (C=O) groups excluding carboxylic acids is 1. The fraction of sp³-hybridized carbons (Fsp3) is 0.909. The standard InChI is InChI=1S/C11H21N3O/c12-11(15)2-1-6-13-9-5-7-14(8-9)10-3-4-10/h9-10,13H,1-8H2,(H2,12,15). The molecule has 0 bridgehead atoms. The summed E-state index contributed by atoms with van der Waals surface area (Å²) in [6, 6.07) is 1.53. The topological polar surface area (TPSA) is 58.4 Å². The maximum Gasteiger partial charge on any atom is 0.217 e. The second-order valence-corrected chi connectivity index (χ2v) is 4.74. The Bertz CT molecular complexity index is 228. The lowest BCUT2D eigenvalue weighted by Gasteiger charge is -2.15. The highest BCUT2D eigenvalue weighted by molar-refractivity contribution is 5.73. The number of amides is 1. The zero-order valence-electron chi connectivity index (χ0n) is 9.24. The van der Waals surface area contributed by atoms with Crippen molar-refractivity contribution in [1.82, 2.24) is 10.2 Å². The van der Waals surface area contributed by atoms with Crippen LogP contribution in [-0.4, -0.2) is 42.5 Å². The number of rotatable bonds is 6. The third kappa shape index (κ3) is 3.47. The van der Waals surface area contributed by atoms with E-state index in [9.17, 15) is 4.79 Å². The molecule has 0 aromatic rings. The Balaban J connectivity index is 1.54. The van der Waals surface area contributed by atoms with E-state index in [1.54, 1.807) is 0 Å². The molecule has 1 atom stereocenters. The minimum Gasteiger partial charge on any atom is -0.370 e. The van der Waals surface area contributed by atoms with Crippen molar-refractivity contribution in [2.45, 2.75) is 44.2 Å². The summed E-state index contributed by atoms with van der Waals surface area (Å²) >= 11 is 0. The van der Waals surface area contributed by atoms with E-state index in [-0.39, 0.29) is 5.91 Å². The van der Waals surface area contributed by atoms with E-state index in [4.69, 9.17) is 5.73 Å². The molecule has 1 unspecified atom stereocenters. The number of primary amides is 1. The third-order valence-electron chi connectivity index (χ3n) is 3.32. The highest BCUT2D eigenvalue weighted by atomic mass is 16.1. The van der Waals surface area contributed by atoms with Gasteiger partial charge < -0.3 is 11.1 Å². The number of likely N-dealkylation sites (tertiary alicyclic amines) is 1. The van der Waals surface area contributed by atoms with Crippen molar-refractivity contribution in [2.24, 2.45) is 5.73 Å². The number of carbonyl (C=O) groups is 1. The van der Waals surface area contributed by atoms with Gasteiger partial charge in [-0.25, -0.2) is 0 Å². The summed E-state index contributed by atoms with van der Waals surface area (Å²) in [7, 11) is 0. The second-order valence-electron chi connectivity index (χ2n) is 4.74. The van der Waals surface area contributed by atoms with Crippen molar-refractivity contribution < 1.29 is 4.79 Å². The van der Waals surface area contributed by atoms with Gasteiger partial charge in [-0.3, -0.25) is 9.69 Å². The van der Waals surface area contributed by atoms with E-state index in [2.05, 4.69) is 10.2 Å². The van der Waals surface area contributed by atoms with E-state index in [1.807, 2.05) is 0 Å². The summed E-state index contributed by atoms with van der Waals surface area (Å²) in [6.07, 6.45) is 5.43. The molecule has 2 aliphatic rings. The Morgan fingerprint density at radius 1 is 1.40 bits per heavy atom. The number of nitrogens with zero attached hydrogens (tertiary/aromatic N) is 1. The first kappa shape index (κ1) is 10.9. The molecule has 15 heavy (non-hydrogen) atoms. The molecule has 1 saturated carbocycles. The quantitative estimate of drug-likeness (QED) is 0.612. The average molecular weight is 211 g/mol. The zero-order chi connectivity index (χ0) is 10.7. The lowest BCUT2D eigenvalue weighted by Crippen LogP contribution is -2.34. The predicted octanol–water partition coefficient (Wildman–Crippen LogP) is 0.0782. The Hall–Kier alpha value is -0.610. The summed E-state index contributed by atoms with van der Waals surface area (Å²) in [5.41, 5.74) is 5.08. The van der Waals surface area contributed by atoms with Gasteiger partial charge in [-0.1, -0.05) is 0 Å². The van der Waals surface area contributed by atoms with Crippen LogP contribution in [0.3, 0.4) is 0 Å². The normalized spacial score (nSPS) is 27.1. The lowest BCUT2D eigenvalue weighted by atomic mass is 10.2. The summed E-state index contributed by atoms with van der Waals surface area (Å²) < 4.78 is 0. The van der Waals surface area contributed by atoms with Crippen LogP contribution < -0.4 is 11.1 Å². The molecule has 0 spiro atoms. The first-order valence-corrected chi connectivity index (χ1v) is 6.01. The summed E-state index contributed by atoms with van der Waals surface area (Å²) in [5, 5.41) is 3.50. The monoisotopic (exact) mass is 211 g/mol. The number of nitrogens with one attached hydrogen (secondary N) is 1. The van der Waals surface area contributed by atoms with Gasteiger partial charge in [0.1, 0.15) is 0 Å². The molecule has 1 aliphatic heterocycles. The maximum absolute atomic E-state index is 10.5. The van der Waals surface area contributed by atoms with Gasteiger partial charge >= 0.3 is 0 Å². The number of hydrogen-bond donors (Lipinski definition) is 2. The van der Waals surface area contributed by atoms with Crippen molar-refractivity contribution in [1.29, 1.82) is 0 Å². The van der Waals surface area contributed by atoms with Gasteiger partial charge in [0.05, 0.1) is 0 Å². The number of nitrogens with two attached hydrogens (primary N) is 1. The first-order chi connectivity index (χ1) is 7.25. The minimum absolute atomic E-state index is 0.192. The van der Waals surface area contributed by atoms with Crippen LogP contribution in [0, 0.1) is 0 Å². The molecule has 86 valence electrons. The van der Waals surface area contributed by atoms with Gasteiger partial charge in [0.15, 0.2) is 0 Å². The van der Waals surface area contributed by atoms with Gasteiger partial charge in [-0.15, -0.1) is 0 Å². The molecule has 3 N–H and O–H groups in total.